The van der Waals surface area contributed by atoms with Crippen molar-refractivity contribution in [3.63, 3.8) is 0 Å². The smallest absolute Gasteiger partial charge is 0.254 e. The van der Waals surface area contributed by atoms with E-state index in [4.69, 9.17) is 0 Å². The Bertz CT molecular complexity index is 511. The number of piperazine rings is 1. The van der Waals surface area contributed by atoms with Crippen molar-refractivity contribution in [3.05, 3.63) is 28.2 Å². The Kier molecular flexibility index (Phi) is 3.96. The van der Waals surface area contributed by atoms with Crippen molar-refractivity contribution in [3.8, 4) is 5.75 Å². The zero-order valence-corrected chi connectivity index (χ0v) is 12.8. The summed E-state index contributed by atoms with van der Waals surface area (Å²) < 4.78 is 0.608. The highest BCUT2D eigenvalue weighted by atomic mass is 79.9. The fourth-order valence-electron chi connectivity index (χ4n) is 2.65. The molecule has 108 valence electrons. The van der Waals surface area contributed by atoms with Gasteiger partial charge in [-0.1, -0.05) is 0 Å². The third kappa shape index (κ3) is 2.68. The fourth-order valence-corrected chi connectivity index (χ4v) is 2.90. The molecule has 2 aliphatic rings. The van der Waals surface area contributed by atoms with Gasteiger partial charge in [-0.25, -0.2) is 0 Å². The number of nitrogens with one attached hydrogen (secondary N) is 1. The van der Waals surface area contributed by atoms with Crippen LogP contribution in [0.3, 0.4) is 0 Å². The molecule has 3 rings (SSSR count). The summed E-state index contributed by atoms with van der Waals surface area (Å²) in [5.74, 6) is 0.106. The molecule has 0 aliphatic carbocycles. The highest BCUT2D eigenvalue weighted by Gasteiger charge is 2.29. The Labute approximate surface area is 126 Å². The van der Waals surface area contributed by atoms with Gasteiger partial charge in [0.25, 0.3) is 5.91 Å². The minimum atomic E-state index is -0.000755. The summed E-state index contributed by atoms with van der Waals surface area (Å²) >= 11 is 3.23. The normalized spacial score (nSPS) is 20.8. The van der Waals surface area contributed by atoms with E-state index in [0.29, 0.717) is 16.1 Å². The summed E-state index contributed by atoms with van der Waals surface area (Å²) in [5.41, 5.74) is 0.546. The average molecular weight is 340 g/mol. The second-order valence-electron chi connectivity index (χ2n) is 5.31. The number of amides is 1. The topological polar surface area (TPSA) is 55.8 Å². The van der Waals surface area contributed by atoms with Crippen LogP contribution in [-0.2, 0) is 0 Å². The number of aromatic hydroxyl groups is 1. The summed E-state index contributed by atoms with van der Waals surface area (Å²) in [7, 11) is 0. The molecule has 1 amide bonds. The van der Waals surface area contributed by atoms with Crippen molar-refractivity contribution in [2.45, 2.75) is 6.04 Å². The van der Waals surface area contributed by atoms with E-state index in [1.165, 1.54) is 6.07 Å². The molecule has 0 radical (unpaired) electrons. The first-order valence-corrected chi connectivity index (χ1v) is 7.67. The molecule has 0 saturated carbocycles. The lowest BCUT2D eigenvalue weighted by atomic mass is 10.1. The van der Waals surface area contributed by atoms with Crippen LogP contribution in [0.1, 0.15) is 10.4 Å². The van der Waals surface area contributed by atoms with E-state index in [2.05, 4.69) is 26.1 Å². The second kappa shape index (κ2) is 5.71. The number of carbonyl (C=O) groups is 1. The molecule has 0 spiro atoms. The molecule has 0 aromatic heterocycles. The minimum Gasteiger partial charge on any atom is -0.507 e. The molecule has 2 aliphatic heterocycles. The van der Waals surface area contributed by atoms with Crippen LogP contribution in [0.2, 0.25) is 0 Å². The molecule has 0 unspecified atom stereocenters. The molecule has 1 aromatic carbocycles. The lowest BCUT2D eigenvalue weighted by molar-refractivity contribution is 0.0502. The van der Waals surface area contributed by atoms with Crippen molar-refractivity contribution in [2.24, 2.45) is 0 Å². The lowest BCUT2D eigenvalue weighted by Gasteiger charge is -2.43. The van der Waals surface area contributed by atoms with Crippen LogP contribution in [0.4, 0.5) is 0 Å². The monoisotopic (exact) mass is 339 g/mol. The molecule has 1 aromatic rings. The third-order valence-electron chi connectivity index (χ3n) is 4.07. The number of hydrogen-bond acceptors (Lipinski definition) is 4. The Morgan fingerprint density at radius 2 is 1.95 bits per heavy atom. The van der Waals surface area contributed by atoms with Crippen molar-refractivity contribution < 1.29 is 9.90 Å². The number of phenolic OH excluding ortho intramolecular Hbond substituents is 1. The number of rotatable bonds is 2. The van der Waals surface area contributed by atoms with Crippen molar-refractivity contribution in [2.75, 3.05) is 39.3 Å². The van der Waals surface area contributed by atoms with Crippen LogP contribution in [0, 0.1) is 0 Å². The molecule has 2 fully saturated rings. The summed E-state index contributed by atoms with van der Waals surface area (Å²) in [6.45, 7) is 5.50. The number of halogens is 1. The van der Waals surface area contributed by atoms with Crippen LogP contribution < -0.4 is 5.32 Å². The molecule has 5 nitrogen and oxygen atoms in total. The maximum atomic E-state index is 12.4. The zero-order chi connectivity index (χ0) is 14.1. The molecule has 0 bridgehead atoms. The third-order valence-corrected chi connectivity index (χ3v) is 4.74. The SMILES string of the molecule is O=C(c1ccc(Br)c(O)c1)N1CCN(C2CNC2)CC1. The predicted molar refractivity (Wildman–Crippen MR) is 79.9 cm³/mol. The van der Waals surface area contributed by atoms with E-state index < -0.39 is 0 Å². The number of benzene rings is 1. The van der Waals surface area contributed by atoms with Crippen molar-refractivity contribution >= 4 is 21.8 Å². The number of phenols is 1. The molecule has 6 heteroatoms. The van der Waals surface area contributed by atoms with Crippen LogP contribution in [-0.4, -0.2) is 66.1 Å². The van der Waals surface area contributed by atoms with E-state index in [0.717, 1.165) is 39.3 Å². The Morgan fingerprint density at radius 1 is 1.25 bits per heavy atom. The van der Waals surface area contributed by atoms with Gasteiger partial charge in [0.2, 0.25) is 0 Å². The quantitative estimate of drug-likeness (QED) is 0.840. The van der Waals surface area contributed by atoms with Gasteiger partial charge in [-0.3, -0.25) is 9.69 Å². The summed E-state index contributed by atoms with van der Waals surface area (Å²) in [6, 6.07) is 5.62. The van der Waals surface area contributed by atoms with Gasteiger partial charge < -0.3 is 15.3 Å². The summed E-state index contributed by atoms with van der Waals surface area (Å²) in [6.07, 6.45) is 0. The largest absolute Gasteiger partial charge is 0.507 e. The summed E-state index contributed by atoms with van der Waals surface area (Å²) in [5, 5.41) is 12.9. The van der Waals surface area contributed by atoms with E-state index in [-0.39, 0.29) is 11.7 Å². The molecule has 2 heterocycles. The van der Waals surface area contributed by atoms with E-state index in [9.17, 15) is 9.90 Å². The van der Waals surface area contributed by atoms with E-state index in [1.807, 2.05) is 4.90 Å². The standard InChI is InChI=1S/C14H18BrN3O2/c15-12-2-1-10(7-13(12)19)14(20)18-5-3-17(4-6-18)11-8-16-9-11/h1-2,7,11,16,19H,3-6,8-9H2. The highest BCUT2D eigenvalue weighted by molar-refractivity contribution is 9.10. The molecular weight excluding hydrogens is 322 g/mol. The van der Waals surface area contributed by atoms with Crippen LogP contribution in [0.5, 0.6) is 5.75 Å². The maximum Gasteiger partial charge on any atom is 0.254 e. The van der Waals surface area contributed by atoms with Gasteiger partial charge in [0.05, 0.1) is 4.47 Å². The van der Waals surface area contributed by atoms with Crippen LogP contribution >= 0.6 is 15.9 Å². The van der Waals surface area contributed by atoms with Crippen LogP contribution in [0.15, 0.2) is 22.7 Å². The highest BCUT2D eigenvalue weighted by Crippen LogP contribution is 2.25. The first-order chi connectivity index (χ1) is 9.65. The van der Waals surface area contributed by atoms with Gasteiger partial charge in [0.15, 0.2) is 0 Å². The maximum absolute atomic E-state index is 12.4. The molecule has 2 N–H and O–H groups in total. The van der Waals surface area contributed by atoms with Crippen LogP contribution in [0.25, 0.3) is 0 Å². The molecule has 20 heavy (non-hydrogen) atoms. The minimum absolute atomic E-state index is 0.000755. The molecule has 0 atom stereocenters. The second-order valence-corrected chi connectivity index (χ2v) is 6.16. The Balaban J connectivity index is 1.62. The number of nitrogens with zero attached hydrogens (tertiary/aromatic N) is 2. The van der Waals surface area contributed by atoms with E-state index >= 15 is 0 Å². The predicted octanol–water partition coefficient (Wildman–Crippen LogP) is 0.884. The molecular formula is C14H18BrN3O2. The van der Waals surface area contributed by atoms with Crippen molar-refractivity contribution in [1.29, 1.82) is 0 Å². The first-order valence-electron chi connectivity index (χ1n) is 6.88. The van der Waals surface area contributed by atoms with Crippen molar-refractivity contribution in [1.82, 2.24) is 15.1 Å². The lowest BCUT2D eigenvalue weighted by Crippen LogP contribution is -2.62. The van der Waals surface area contributed by atoms with Gasteiger partial charge in [0, 0.05) is 50.9 Å². The number of hydrogen-bond donors (Lipinski definition) is 2. The first kappa shape index (κ1) is 13.9. The van der Waals surface area contributed by atoms with Gasteiger partial charge in [-0.15, -0.1) is 0 Å². The summed E-state index contributed by atoms with van der Waals surface area (Å²) in [4.78, 5) is 16.7. The molecule has 2 saturated heterocycles. The Morgan fingerprint density at radius 3 is 2.50 bits per heavy atom. The van der Waals surface area contributed by atoms with Gasteiger partial charge in [-0.2, -0.15) is 0 Å². The number of carbonyl (C=O) groups excluding carboxylic acids is 1. The van der Waals surface area contributed by atoms with Gasteiger partial charge in [-0.05, 0) is 34.1 Å². The van der Waals surface area contributed by atoms with E-state index in [1.54, 1.807) is 12.1 Å². The average Bonchev–Trinajstić information content (AvgIpc) is 2.40. The zero-order valence-electron chi connectivity index (χ0n) is 11.2. The fraction of sp³-hybridized carbons (Fsp3) is 0.500. The van der Waals surface area contributed by atoms with Gasteiger partial charge >= 0.3 is 0 Å². The van der Waals surface area contributed by atoms with Gasteiger partial charge in [0.1, 0.15) is 5.75 Å². The Hall–Kier alpha value is -1.11.